The maximum absolute atomic E-state index is 15.4. The Balaban J connectivity index is 1.82. The van der Waals surface area contributed by atoms with Crippen LogP contribution in [0, 0.1) is 40.9 Å². The van der Waals surface area contributed by atoms with Gasteiger partial charge in [-0.1, -0.05) is 87.0 Å². The van der Waals surface area contributed by atoms with Gasteiger partial charge in [0, 0.05) is 67.2 Å². The molecule has 11 amide bonds. The van der Waals surface area contributed by atoms with Crippen LogP contribution in [0.1, 0.15) is 191 Å². The van der Waals surface area contributed by atoms with E-state index in [1.165, 1.54) is 75.9 Å². The first-order chi connectivity index (χ1) is 43.3. The van der Waals surface area contributed by atoms with Crippen molar-refractivity contribution in [3.8, 4) is 0 Å². The minimum atomic E-state index is -4.35. The molecule has 0 spiro atoms. The lowest BCUT2D eigenvalue weighted by molar-refractivity contribution is -0.184. The standard InChI is InChI=1S/C67H113ClF3N11O11/c1-17-41(4)57-64(92)78(12)38-55(85)76(10)39-56(86)80(14)51(36-46-25-30-48(68)31-26-46)62(90)77(11)37-53(83)73-49(32-27-44-23-28-47(29-24-44)67(69,70)71)60(88)75-58(66(7,8)9)65(93)82(16)52(35-45-21-19-18-20-22-45)63(91)81(15)50(33-40(2)3)61(89)72-42(5)34-54(84)79(13)43(6)59(87)74-57/h40-52,57-58H,17-39H2,1-16H3,(H,72,89)(H,73,83)(H,74,87)(H,75,88)/t41-,42+,43-,44?,46?,47?,48?,49-,50-,51-,52-,57-,58+/m0/s1. The molecule has 4 N–H and O–H groups in total. The van der Waals surface area contributed by atoms with Crippen LogP contribution < -0.4 is 21.3 Å². The summed E-state index contributed by atoms with van der Waals surface area (Å²) in [7, 11) is 10.0. The Labute approximate surface area is 556 Å². The second kappa shape index (κ2) is 35.8. The quantitative estimate of drug-likeness (QED) is 0.162. The molecule has 0 aromatic carbocycles. The highest BCUT2D eigenvalue weighted by atomic mass is 35.5. The van der Waals surface area contributed by atoms with Crippen molar-refractivity contribution in [1.82, 2.24) is 55.6 Å². The lowest BCUT2D eigenvalue weighted by Gasteiger charge is -2.40. The smallest absolute Gasteiger partial charge is 0.351 e. The van der Waals surface area contributed by atoms with Gasteiger partial charge >= 0.3 is 6.18 Å². The summed E-state index contributed by atoms with van der Waals surface area (Å²) in [5, 5.41) is 11.4. The number of carbonyl (C=O) groups is 11. The molecular formula is C67H113ClF3N11O11. The van der Waals surface area contributed by atoms with Gasteiger partial charge in [-0.15, -0.1) is 11.6 Å². The van der Waals surface area contributed by atoms with Crippen LogP contribution in [0.25, 0.3) is 0 Å². The number of nitrogens with one attached hydrogen (secondary N) is 4. The van der Waals surface area contributed by atoms with E-state index in [2.05, 4.69) is 21.3 Å². The van der Waals surface area contributed by atoms with Crippen molar-refractivity contribution in [1.29, 1.82) is 0 Å². The van der Waals surface area contributed by atoms with Crippen LogP contribution >= 0.6 is 11.6 Å². The van der Waals surface area contributed by atoms with Crippen LogP contribution in [-0.2, 0) is 52.7 Å². The molecule has 1 heterocycles. The molecule has 1 aliphatic heterocycles. The molecule has 22 nitrogen and oxygen atoms in total. The van der Waals surface area contributed by atoms with Crippen molar-refractivity contribution in [3.05, 3.63) is 0 Å². The molecule has 0 unspecified atom stereocenters. The first kappa shape index (κ1) is 79.7. The van der Waals surface area contributed by atoms with Crippen LogP contribution in [0.15, 0.2) is 0 Å². The maximum Gasteiger partial charge on any atom is 0.391 e. The number of amides is 11. The average Bonchev–Trinajstić information content (AvgIpc) is 0.891. The van der Waals surface area contributed by atoms with Crippen molar-refractivity contribution >= 4 is 76.6 Å². The molecule has 93 heavy (non-hydrogen) atoms. The number of rotatable bonds is 11. The van der Waals surface area contributed by atoms with Crippen molar-refractivity contribution < 1.29 is 65.9 Å². The molecule has 0 aromatic heterocycles. The molecule has 0 radical (unpaired) electrons. The second-order valence-electron chi connectivity index (χ2n) is 29.2. The summed E-state index contributed by atoms with van der Waals surface area (Å²) in [5.41, 5.74) is -1.03. The van der Waals surface area contributed by atoms with E-state index in [-0.39, 0.29) is 93.3 Å². The summed E-state index contributed by atoms with van der Waals surface area (Å²) in [5.74, 6) is -9.18. The highest BCUT2D eigenvalue weighted by molar-refractivity contribution is 6.20. The van der Waals surface area contributed by atoms with E-state index >= 15 is 14.4 Å². The SMILES string of the molecule is CC[C@H](C)[C@@H]1NC(=O)[C@H](C)N(C)C(=O)C[C@@H](C)NC(=O)[C@H](CC(C)C)N(C)C(=O)[C@H](CC2CCCCC2)N(C)C(=O)[C@H](C(C)(C)C)NC(=O)[C@H](CCC2CCC(C(F)(F)F)CC2)NC(=O)CN(C)C(=O)[C@H](CC2CCC(Cl)CC2)N(C)C(=O)CN(C)C(=O)CN(C)C1=O. The van der Waals surface area contributed by atoms with E-state index in [0.717, 1.165) is 46.8 Å². The molecule has 530 valence electrons. The summed E-state index contributed by atoms with van der Waals surface area (Å²) in [4.78, 5) is 168. The van der Waals surface area contributed by atoms with Gasteiger partial charge in [0.1, 0.15) is 42.3 Å². The number of carbonyl (C=O) groups excluding carboxylic acids is 11. The molecule has 9 atom stereocenters. The van der Waals surface area contributed by atoms with E-state index in [9.17, 15) is 51.5 Å². The van der Waals surface area contributed by atoms with Crippen molar-refractivity contribution in [2.24, 2.45) is 40.9 Å². The van der Waals surface area contributed by atoms with Crippen molar-refractivity contribution in [3.63, 3.8) is 0 Å². The molecule has 4 aliphatic rings. The first-order valence-corrected chi connectivity index (χ1v) is 34.4. The summed E-state index contributed by atoms with van der Waals surface area (Å²) < 4.78 is 41.4. The number of alkyl halides is 4. The normalized spacial score (nSPS) is 30.1. The minimum Gasteiger partial charge on any atom is -0.351 e. The number of halogens is 4. The third-order valence-electron chi connectivity index (χ3n) is 20.2. The molecule has 3 saturated carbocycles. The molecule has 4 fully saturated rings. The average molecular weight is 1340 g/mol. The van der Waals surface area contributed by atoms with E-state index in [0.29, 0.717) is 32.1 Å². The van der Waals surface area contributed by atoms with Crippen LogP contribution in [0.5, 0.6) is 0 Å². The van der Waals surface area contributed by atoms with Gasteiger partial charge in [-0.2, -0.15) is 13.2 Å². The largest absolute Gasteiger partial charge is 0.391 e. The third-order valence-corrected chi connectivity index (χ3v) is 20.6. The van der Waals surface area contributed by atoms with Crippen LogP contribution in [0.3, 0.4) is 0 Å². The van der Waals surface area contributed by atoms with Crippen LogP contribution in [-0.4, -0.2) is 228 Å². The maximum atomic E-state index is 15.4. The van der Waals surface area contributed by atoms with E-state index in [4.69, 9.17) is 11.6 Å². The minimum absolute atomic E-state index is 0.0303. The van der Waals surface area contributed by atoms with Gasteiger partial charge in [0.25, 0.3) is 0 Å². The number of nitrogens with zero attached hydrogens (tertiary/aromatic N) is 7. The molecule has 0 aromatic rings. The van der Waals surface area contributed by atoms with E-state index < -0.39 is 156 Å². The van der Waals surface area contributed by atoms with E-state index in [1.807, 2.05) is 20.8 Å². The summed E-state index contributed by atoms with van der Waals surface area (Å²) in [6.45, 7) is 14.1. The van der Waals surface area contributed by atoms with Gasteiger partial charge in [0.05, 0.1) is 25.6 Å². The lowest BCUT2D eigenvalue weighted by Crippen LogP contribution is -2.62. The third kappa shape index (κ3) is 23.5. The van der Waals surface area contributed by atoms with Gasteiger partial charge in [-0.3, -0.25) is 52.7 Å². The van der Waals surface area contributed by atoms with E-state index in [1.54, 1.807) is 34.6 Å². The fourth-order valence-corrected chi connectivity index (χ4v) is 13.6. The van der Waals surface area contributed by atoms with Gasteiger partial charge < -0.3 is 55.6 Å². The predicted molar refractivity (Wildman–Crippen MR) is 349 cm³/mol. The topological polar surface area (TPSA) is 259 Å². The highest BCUT2D eigenvalue weighted by Gasteiger charge is 2.45. The fourth-order valence-electron chi connectivity index (χ4n) is 13.4. The Kier molecular flexibility index (Phi) is 30.7. The van der Waals surface area contributed by atoms with Crippen LogP contribution in [0.4, 0.5) is 13.2 Å². The highest BCUT2D eigenvalue weighted by Crippen LogP contribution is 2.41. The number of likely N-dealkylation sites (N-methyl/N-ethyl adjacent to an activating group) is 7. The van der Waals surface area contributed by atoms with Crippen LogP contribution in [0.2, 0.25) is 0 Å². The Morgan fingerprint density at radius 2 is 1.04 bits per heavy atom. The zero-order valence-electron chi connectivity index (χ0n) is 58.6. The monoisotopic (exact) mass is 1340 g/mol. The van der Waals surface area contributed by atoms with Gasteiger partial charge in [0.15, 0.2) is 0 Å². The molecule has 3 aliphatic carbocycles. The van der Waals surface area contributed by atoms with Gasteiger partial charge in [0.2, 0.25) is 65.0 Å². The van der Waals surface area contributed by atoms with Gasteiger partial charge in [-0.25, -0.2) is 0 Å². The lowest BCUT2D eigenvalue weighted by atomic mass is 9.79. The Bertz CT molecular complexity index is 2570. The summed E-state index contributed by atoms with van der Waals surface area (Å²) in [6.07, 6.45) is 4.03. The molecule has 1 saturated heterocycles. The second-order valence-corrected chi connectivity index (χ2v) is 29.9. The molecule has 26 heteroatoms. The molecule has 4 rings (SSSR count). The number of hydrogen-bond acceptors (Lipinski definition) is 11. The Hall–Kier alpha value is -5.75. The van der Waals surface area contributed by atoms with Gasteiger partial charge in [-0.05, 0) is 132 Å². The summed E-state index contributed by atoms with van der Waals surface area (Å²) in [6, 6.07) is -9.07. The number of hydrogen-bond donors (Lipinski definition) is 4. The fraction of sp³-hybridized carbons (Fsp3) is 0.836. The Morgan fingerprint density at radius 3 is 1.59 bits per heavy atom. The van der Waals surface area contributed by atoms with Crippen molar-refractivity contribution in [2.45, 2.75) is 251 Å². The van der Waals surface area contributed by atoms with Crippen molar-refractivity contribution in [2.75, 3.05) is 69.0 Å². The Morgan fingerprint density at radius 1 is 0.516 bits per heavy atom. The molecular weight excluding hydrogens is 1230 g/mol. The first-order valence-electron chi connectivity index (χ1n) is 34.0. The summed E-state index contributed by atoms with van der Waals surface area (Å²) >= 11 is 6.49. The molecule has 0 bridgehead atoms. The predicted octanol–water partition coefficient (Wildman–Crippen LogP) is 6.50. The zero-order valence-corrected chi connectivity index (χ0v) is 59.3. The zero-order chi connectivity index (χ0) is 70.1.